The van der Waals surface area contributed by atoms with Crippen molar-refractivity contribution in [2.24, 2.45) is 11.5 Å². The Morgan fingerprint density at radius 2 is 1.24 bits per heavy atom. The van der Waals surface area contributed by atoms with Crippen molar-refractivity contribution >= 4 is 121 Å². The predicted molar refractivity (Wildman–Crippen MR) is 390 cm³/mol. The summed E-state index contributed by atoms with van der Waals surface area (Å²) < 4.78 is 29.9. The summed E-state index contributed by atoms with van der Waals surface area (Å²) in [5.74, 6) is -10.4. The molecule has 29 nitrogen and oxygen atoms in total. The third-order valence-corrected chi connectivity index (χ3v) is 20.3. The lowest BCUT2D eigenvalue weighted by Gasteiger charge is -2.37. The van der Waals surface area contributed by atoms with Crippen molar-refractivity contribution in [1.82, 2.24) is 77.3 Å². The lowest BCUT2D eigenvalue weighted by molar-refractivity contribution is -0.147. The molecule has 8 aromatic rings. The maximum Gasteiger partial charge on any atom is 0.305 e. The molecule has 2 aliphatic rings. The quantitative estimate of drug-likeness (QED) is 0.0652. The SMILES string of the molecule is C[C@@]12CCCN1C(=O)[C@H](Cc1c[nH]c3ncccc13)NC(=O)[C@H](Cc1cnc[nH]1)NC(=O)[C@H](CC(=O)O)NC(=O)[C@H](Cc1c[nH]c3ccc(F)cc13)NC(=O)[C@H](Cc1c[nH]c3ccc(F)cc13)NC(=O)CNC(=O)[C@H](CCCCN)NC(=O)CCSCc1cccc(c1)CSC[C@@H](C(N)=O)NC2=O.[HH].[HH].[HH].[HH].[HH]. The number of H-pyrrole nitrogens is 4. The fourth-order valence-corrected chi connectivity index (χ4v) is 14.6. The Bertz CT molecular complexity index is 4460. The number of nitrogens with one attached hydrogen (secondary N) is 12. The molecular formula is C70H91F2N17O12S2. The molecule has 8 atom stereocenters. The molecule has 0 aliphatic carbocycles. The monoisotopic (exact) mass is 1460 g/mol. The first-order chi connectivity index (χ1) is 49.5. The first-order valence-electron chi connectivity index (χ1n) is 33.6. The molecule has 10 amide bonds. The molecule has 7 heterocycles. The molecule has 103 heavy (non-hydrogen) atoms. The average Bonchev–Trinajstić information content (AvgIpc) is 1.58. The number of aromatic amines is 4. The van der Waals surface area contributed by atoms with E-state index in [1.165, 1.54) is 89.7 Å². The Labute approximate surface area is 604 Å². The first-order valence-corrected chi connectivity index (χ1v) is 35.9. The first kappa shape index (κ1) is 75.0. The van der Waals surface area contributed by atoms with Gasteiger partial charge in [0.15, 0.2) is 0 Å². The molecule has 17 N–H and O–H groups in total. The third-order valence-electron chi connectivity index (χ3n) is 18.1. The Morgan fingerprint density at radius 1 is 0.650 bits per heavy atom. The van der Waals surface area contributed by atoms with Gasteiger partial charge in [0.05, 0.1) is 19.3 Å². The molecule has 33 heteroatoms. The summed E-state index contributed by atoms with van der Waals surface area (Å²) in [5.41, 5.74) is 14.6. The van der Waals surface area contributed by atoms with Gasteiger partial charge in [0.2, 0.25) is 59.1 Å². The van der Waals surface area contributed by atoms with Crippen molar-refractivity contribution in [2.45, 2.75) is 137 Å². The Kier molecular flexibility index (Phi) is 25.3. The minimum Gasteiger partial charge on any atom is -0.481 e. The summed E-state index contributed by atoms with van der Waals surface area (Å²) in [4.78, 5) is 180. The molecule has 10 rings (SSSR count). The molecule has 2 aliphatic heterocycles. The van der Waals surface area contributed by atoms with E-state index in [2.05, 4.69) is 72.4 Å². The molecular weight excluding hydrogens is 1370 g/mol. The number of rotatable bonds is 15. The van der Waals surface area contributed by atoms with Gasteiger partial charge in [0.25, 0.3) is 0 Å². The van der Waals surface area contributed by atoms with Gasteiger partial charge in [-0.3, -0.25) is 52.7 Å². The van der Waals surface area contributed by atoms with Gasteiger partial charge in [0, 0.05) is 133 Å². The number of unbranched alkanes of at least 4 members (excludes halogenated alkanes) is 1. The molecule has 2 bridgehead atoms. The topological polar surface area (TPSA) is 448 Å². The number of imidazole rings is 1. The normalized spacial score (nSPS) is 22.6. The van der Waals surface area contributed by atoms with Crippen LogP contribution >= 0.6 is 23.5 Å². The van der Waals surface area contributed by atoms with E-state index in [0.717, 1.165) is 11.1 Å². The van der Waals surface area contributed by atoms with Crippen LogP contribution in [0.25, 0.3) is 32.8 Å². The number of amides is 10. The van der Waals surface area contributed by atoms with E-state index in [9.17, 15) is 47.4 Å². The highest BCUT2D eigenvalue weighted by atomic mass is 32.2. The number of aliphatic carboxylic acids is 1. The van der Waals surface area contributed by atoms with E-state index in [-0.39, 0.29) is 74.6 Å². The Hall–Kier alpha value is -10.7. The van der Waals surface area contributed by atoms with E-state index in [0.29, 0.717) is 81.6 Å². The van der Waals surface area contributed by atoms with Gasteiger partial charge in [-0.05, 0) is 122 Å². The lowest BCUT2D eigenvalue weighted by Crippen LogP contribution is -2.63. The molecule has 3 aromatic carbocycles. The predicted octanol–water partition coefficient (Wildman–Crippen LogP) is 3.58. The molecule has 5 aromatic heterocycles. The van der Waals surface area contributed by atoms with Crippen molar-refractivity contribution in [3.63, 3.8) is 0 Å². The van der Waals surface area contributed by atoms with Gasteiger partial charge in [-0.15, -0.1) is 0 Å². The average molecular weight is 1460 g/mol. The van der Waals surface area contributed by atoms with Gasteiger partial charge in [-0.1, -0.05) is 24.3 Å². The van der Waals surface area contributed by atoms with Gasteiger partial charge >= 0.3 is 5.97 Å². The van der Waals surface area contributed by atoms with Crippen molar-refractivity contribution < 1.29 is 73.8 Å². The van der Waals surface area contributed by atoms with E-state index in [1.807, 2.05) is 24.3 Å². The van der Waals surface area contributed by atoms with Crippen LogP contribution in [0, 0.1) is 11.6 Å². The van der Waals surface area contributed by atoms with Crippen LogP contribution in [-0.2, 0) is 89.9 Å². The molecule has 554 valence electrons. The molecule has 1 fully saturated rings. The second kappa shape index (κ2) is 34.8. The number of carbonyl (C=O) groups is 11. The summed E-state index contributed by atoms with van der Waals surface area (Å²) in [5, 5.41) is 32.7. The third kappa shape index (κ3) is 19.7. The van der Waals surface area contributed by atoms with Crippen LogP contribution in [0.5, 0.6) is 0 Å². The second-order valence-electron chi connectivity index (χ2n) is 25.6. The van der Waals surface area contributed by atoms with Gasteiger partial charge in [-0.25, -0.2) is 18.7 Å². The highest BCUT2D eigenvalue weighted by molar-refractivity contribution is 7.98. The number of carbonyl (C=O) groups excluding carboxylic acids is 10. The highest BCUT2D eigenvalue weighted by Gasteiger charge is 2.49. The van der Waals surface area contributed by atoms with Crippen LogP contribution in [0.1, 0.15) is 92.5 Å². The minimum atomic E-state index is -2.04. The number of primary amides is 1. The number of nitrogens with two attached hydrogens (primary N) is 2. The molecule has 0 spiro atoms. The van der Waals surface area contributed by atoms with Crippen LogP contribution in [0.3, 0.4) is 0 Å². The van der Waals surface area contributed by atoms with Gasteiger partial charge < -0.3 is 83.9 Å². The maximum absolute atomic E-state index is 15.4. The molecule has 0 saturated carbocycles. The summed E-state index contributed by atoms with van der Waals surface area (Å²) in [6, 6.07) is 7.77. The fourth-order valence-electron chi connectivity index (χ4n) is 12.7. The van der Waals surface area contributed by atoms with Crippen molar-refractivity contribution in [3.8, 4) is 0 Å². The van der Waals surface area contributed by atoms with Gasteiger partial charge in [-0.2, -0.15) is 23.5 Å². The zero-order valence-electron chi connectivity index (χ0n) is 56.2. The number of pyridine rings is 1. The smallest absolute Gasteiger partial charge is 0.305 e. The molecule has 1 saturated heterocycles. The standard InChI is InChI=1S/C70H81F2N17O12S2.5H2/c1-70-16-6-19-89(70)68(100)56(24-40-31-79-62-46(40)9-5-18-76-62)87-66(98)54(27-45-32-75-37-81-45)85-67(99)55(28-60(92)93)86-65(97)53(23-42-30-78-50-14-12-44(72)26-48(42)50)84-64(96)52(22-41-29-77-49-13-11-43(71)25-47(41)49)83-59(91)33-80-63(95)51(10-2-3-17-73)82-58(90)15-20-102-34-38-7-4-8-39(21-38)35-103-36-57(61(74)94)88-69(70)101;;;;;/h4-5,7-9,11-14,18,21,25-26,29-32,37,51-57,77-78H,2-3,6,10,15-17,19-20,22-24,27-28,33-36,73H2,1H3,(H2,74,94)(H,75,81)(H,76,79)(H,80,95)(H,82,90)(H,83,91)(H,84,96)(H,85,99)(H,86,97)(H,87,98)(H,88,101)(H,92,93);5*1H/t51-,52-,53-,54-,55-,56-,57-,70-;;;;;/m0...../s1. The van der Waals surface area contributed by atoms with E-state index >= 15 is 19.2 Å². The van der Waals surface area contributed by atoms with E-state index in [4.69, 9.17) is 11.5 Å². The number of fused-ring (bicyclic) bond motifs is 6. The number of carboxylic acids is 1. The summed E-state index contributed by atoms with van der Waals surface area (Å²) >= 11 is 2.80. The fraction of sp³-hybridized carbons (Fsp3) is 0.386. The second-order valence-corrected chi connectivity index (χ2v) is 27.8. The van der Waals surface area contributed by atoms with Crippen LogP contribution < -0.4 is 54.0 Å². The van der Waals surface area contributed by atoms with E-state index in [1.54, 1.807) is 31.5 Å². The summed E-state index contributed by atoms with van der Waals surface area (Å²) in [7, 11) is 0. The largest absolute Gasteiger partial charge is 0.481 e. The van der Waals surface area contributed by atoms with Crippen LogP contribution in [0.2, 0.25) is 0 Å². The van der Waals surface area contributed by atoms with Crippen molar-refractivity contribution in [1.29, 1.82) is 0 Å². The Morgan fingerprint density at radius 3 is 1.88 bits per heavy atom. The van der Waals surface area contributed by atoms with Crippen LogP contribution in [0.15, 0.2) is 110 Å². The summed E-state index contributed by atoms with van der Waals surface area (Å²) in [6.45, 7) is 1.13. The number of carboxylic acid groups (broad SMARTS) is 1. The number of hydrogen-bond donors (Lipinski definition) is 15. The number of nitrogens with zero attached hydrogens (tertiary/aromatic N) is 3. The van der Waals surface area contributed by atoms with E-state index < -0.39 is 144 Å². The molecule has 0 radical (unpaired) electrons. The summed E-state index contributed by atoms with van der Waals surface area (Å²) in [6.07, 6.45) is 7.73. The van der Waals surface area contributed by atoms with Crippen LogP contribution in [-0.4, -0.2) is 184 Å². The van der Waals surface area contributed by atoms with Crippen molar-refractivity contribution in [3.05, 3.63) is 155 Å². The van der Waals surface area contributed by atoms with Crippen molar-refractivity contribution in [2.75, 3.05) is 31.1 Å². The van der Waals surface area contributed by atoms with Gasteiger partial charge in [0.1, 0.15) is 65.1 Å². The highest BCUT2D eigenvalue weighted by Crippen LogP contribution is 2.32. The lowest BCUT2D eigenvalue weighted by atomic mass is 9.95. The number of hydrogen-bond acceptors (Lipinski definition) is 16. The minimum absolute atomic E-state index is 0. The zero-order chi connectivity index (χ0) is 73.3. The van der Waals surface area contributed by atoms with Crippen LogP contribution in [0.4, 0.5) is 8.78 Å². The number of aromatic nitrogens is 6. The maximum atomic E-state index is 15.4. The molecule has 0 unspecified atom stereocenters. The number of halogens is 2. The number of thioether (sulfide) groups is 2. The number of benzene rings is 3. The Balaban J connectivity index is 0.00000418. The zero-order valence-corrected chi connectivity index (χ0v) is 57.8.